The van der Waals surface area contributed by atoms with Crippen molar-refractivity contribution in [3.63, 3.8) is 0 Å². The van der Waals surface area contributed by atoms with Gasteiger partial charge in [-0.05, 0) is 37.6 Å². The Hall–Kier alpha value is -2.00. The average molecular weight is 417 g/mol. The number of hydrogen-bond acceptors (Lipinski definition) is 4. The maximum Gasteiger partial charge on any atom is 0.389 e. The molecule has 0 saturated heterocycles. The van der Waals surface area contributed by atoms with Crippen LogP contribution in [0.1, 0.15) is 19.8 Å². The summed E-state index contributed by atoms with van der Waals surface area (Å²) in [4.78, 5) is 23.8. The number of rotatable bonds is 6. The molecule has 3 rings (SSSR count). The number of halogens is 4. The molecule has 1 N–H and O–H groups in total. The number of H-pyrrole nitrogens is 1. The van der Waals surface area contributed by atoms with E-state index in [-0.39, 0.29) is 22.8 Å². The number of hydrogen-bond donors (Lipinski definition) is 1. The lowest BCUT2D eigenvalue weighted by atomic mass is 10.2. The fourth-order valence-electron chi connectivity index (χ4n) is 2.62. The van der Waals surface area contributed by atoms with Gasteiger partial charge in [-0.3, -0.25) is 9.78 Å². The van der Waals surface area contributed by atoms with Crippen molar-refractivity contribution in [1.82, 2.24) is 19.5 Å². The van der Waals surface area contributed by atoms with Crippen LogP contribution in [0.5, 0.6) is 0 Å². The molecule has 0 radical (unpaired) electrons. The molecular weight excluding hydrogens is 401 g/mol. The van der Waals surface area contributed by atoms with Crippen molar-refractivity contribution < 1.29 is 13.2 Å². The molecule has 0 fully saturated rings. The molecule has 27 heavy (non-hydrogen) atoms. The van der Waals surface area contributed by atoms with Crippen LogP contribution in [0.3, 0.4) is 0 Å². The van der Waals surface area contributed by atoms with E-state index >= 15 is 0 Å². The third kappa shape index (κ3) is 4.65. The molecule has 2 heterocycles. The number of thioether (sulfide) groups is 1. The van der Waals surface area contributed by atoms with Crippen molar-refractivity contribution in [1.29, 1.82) is 0 Å². The van der Waals surface area contributed by atoms with E-state index < -0.39 is 18.2 Å². The third-order valence-electron chi connectivity index (χ3n) is 3.85. The van der Waals surface area contributed by atoms with Crippen molar-refractivity contribution in [3.05, 3.63) is 39.6 Å². The highest BCUT2D eigenvalue weighted by Crippen LogP contribution is 2.26. The van der Waals surface area contributed by atoms with Gasteiger partial charge < -0.3 is 4.57 Å². The summed E-state index contributed by atoms with van der Waals surface area (Å²) in [6, 6.07) is 7.07. The topological polar surface area (TPSA) is 63.6 Å². The lowest BCUT2D eigenvalue weighted by Gasteiger charge is -2.07. The molecule has 0 atom stereocenters. The molecule has 0 unspecified atom stereocenters. The minimum Gasteiger partial charge on any atom is -0.309 e. The van der Waals surface area contributed by atoms with Gasteiger partial charge in [-0.1, -0.05) is 23.4 Å². The van der Waals surface area contributed by atoms with Crippen LogP contribution < -0.4 is 5.56 Å². The molecule has 0 amide bonds. The molecule has 1 aromatic carbocycles. The molecular formula is C17H16ClF3N4OS. The lowest BCUT2D eigenvalue weighted by Crippen LogP contribution is -2.11. The minimum atomic E-state index is -4.18. The monoisotopic (exact) mass is 416 g/mol. The normalized spacial score (nSPS) is 12.0. The summed E-state index contributed by atoms with van der Waals surface area (Å²) in [7, 11) is 0. The lowest BCUT2D eigenvalue weighted by molar-refractivity contribution is -0.134. The van der Waals surface area contributed by atoms with Crippen LogP contribution in [-0.4, -0.2) is 31.4 Å². The van der Waals surface area contributed by atoms with Gasteiger partial charge in [0.05, 0.1) is 0 Å². The minimum absolute atomic E-state index is 0.0427. The molecule has 0 bridgehead atoms. The fourth-order valence-corrected chi connectivity index (χ4v) is 3.54. The SMILES string of the molecule is CCn1c(-c2ccc(Cl)cc2)nc2c(=O)[nH]c(SCCCC(F)(F)F)nc21. The average Bonchev–Trinajstić information content (AvgIpc) is 2.97. The van der Waals surface area contributed by atoms with Crippen molar-refractivity contribution in [2.75, 3.05) is 5.75 Å². The Balaban J connectivity index is 1.92. The van der Waals surface area contributed by atoms with Crippen molar-refractivity contribution >= 4 is 34.5 Å². The first-order chi connectivity index (χ1) is 12.8. The van der Waals surface area contributed by atoms with Gasteiger partial charge in [-0.15, -0.1) is 0 Å². The van der Waals surface area contributed by atoms with Crippen LogP contribution in [0.15, 0.2) is 34.2 Å². The summed E-state index contributed by atoms with van der Waals surface area (Å²) in [5.74, 6) is 0.791. The van der Waals surface area contributed by atoms with Gasteiger partial charge in [-0.2, -0.15) is 13.2 Å². The molecule has 3 aromatic rings. The third-order valence-corrected chi connectivity index (χ3v) is 5.06. The summed E-state index contributed by atoms with van der Waals surface area (Å²) in [6.45, 7) is 2.43. The Labute approximate surface area is 162 Å². The molecule has 10 heteroatoms. The zero-order valence-electron chi connectivity index (χ0n) is 14.3. The van der Waals surface area contributed by atoms with Crippen LogP contribution in [0.25, 0.3) is 22.6 Å². The van der Waals surface area contributed by atoms with Crippen molar-refractivity contribution in [2.45, 2.75) is 37.6 Å². The highest BCUT2D eigenvalue weighted by atomic mass is 35.5. The van der Waals surface area contributed by atoms with Crippen LogP contribution in [0.2, 0.25) is 5.02 Å². The molecule has 0 spiro atoms. The maximum absolute atomic E-state index is 12.4. The van der Waals surface area contributed by atoms with Crippen LogP contribution in [-0.2, 0) is 6.54 Å². The second-order valence-electron chi connectivity index (χ2n) is 5.80. The van der Waals surface area contributed by atoms with E-state index in [0.29, 0.717) is 23.0 Å². The van der Waals surface area contributed by atoms with Gasteiger partial charge in [0.15, 0.2) is 16.3 Å². The van der Waals surface area contributed by atoms with Crippen molar-refractivity contribution in [3.8, 4) is 11.4 Å². The quantitative estimate of drug-likeness (QED) is 0.353. The summed E-state index contributed by atoms with van der Waals surface area (Å²) >= 11 is 7.01. The second kappa shape index (κ2) is 7.93. The molecule has 0 saturated carbocycles. The molecule has 0 aliphatic carbocycles. The summed E-state index contributed by atoms with van der Waals surface area (Å²) < 4.78 is 38.5. The van der Waals surface area contributed by atoms with E-state index in [4.69, 9.17) is 11.6 Å². The molecule has 144 valence electrons. The summed E-state index contributed by atoms with van der Waals surface area (Å²) in [5, 5.41) is 0.873. The highest BCUT2D eigenvalue weighted by molar-refractivity contribution is 7.99. The number of aromatic amines is 1. The first-order valence-corrected chi connectivity index (χ1v) is 9.61. The van der Waals surface area contributed by atoms with Gasteiger partial charge in [-0.25, -0.2) is 9.97 Å². The first kappa shape index (κ1) is 19.8. The predicted octanol–water partition coefficient (Wildman–Crippen LogP) is 4.89. The number of alkyl halides is 3. The largest absolute Gasteiger partial charge is 0.389 e. The molecule has 2 aromatic heterocycles. The Morgan fingerprint density at radius 2 is 1.93 bits per heavy atom. The Bertz CT molecular complexity index is 998. The standard InChI is InChI=1S/C17H16ClF3N4OS/c1-2-25-13(10-4-6-11(18)7-5-10)22-12-14(25)23-16(24-15(12)26)27-9-3-8-17(19,20)21/h4-7H,2-3,8-9H2,1H3,(H,23,24,26). The Morgan fingerprint density at radius 1 is 1.22 bits per heavy atom. The van der Waals surface area contributed by atoms with Gasteiger partial charge in [0.25, 0.3) is 5.56 Å². The van der Waals surface area contributed by atoms with Gasteiger partial charge in [0, 0.05) is 29.3 Å². The first-order valence-electron chi connectivity index (χ1n) is 8.24. The number of fused-ring (bicyclic) bond motifs is 1. The van der Waals surface area contributed by atoms with Crippen LogP contribution >= 0.6 is 23.4 Å². The highest BCUT2D eigenvalue weighted by Gasteiger charge is 2.26. The van der Waals surface area contributed by atoms with E-state index in [1.54, 1.807) is 28.8 Å². The molecule has 5 nitrogen and oxygen atoms in total. The second-order valence-corrected chi connectivity index (χ2v) is 7.32. The predicted molar refractivity (Wildman–Crippen MR) is 100 cm³/mol. The number of imidazole rings is 1. The molecule has 0 aliphatic rings. The number of benzene rings is 1. The van der Waals surface area contributed by atoms with Gasteiger partial charge >= 0.3 is 6.18 Å². The fraction of sp³-hybridized carbons (Fsp3) is 0.353. The Morgan fingerprint density at radius 3 is 2.56 bits per heavy atom. The van der Waals surface area contributed by atoms with E-state index in [9.17, 15) is 18.0 Å². The number of nitrogens with zero attached hydrogens (tertiary/aromatic N) is 3. The maximum atomic E-state index is 12.4. The van der Waals surface area contributed by atoms with E-state index in [1.807, 2.05) is 6.92 Å². The Kier molecular flexibility index (Phi) is 5.81. The van der Waals surface area contributed by atoms with Crippen molar-refractivity contribution in [2.24, 2.45) is 0 Å². The zero-order valence-corrected chi connectivity index (χ0v) is 15.9. The van der Waals surface area contributed by atoms with Crippen LogP contribution in [0, 0.1) is 0 Å². The van der Waals surface area contributed by atoms with Crippen LogP contribution in [0.4, 0.5) is 13.2 Å². The summed E-state index contributed by atoms with van der Waals surface area (Å²) in [6.07, 6.45) is -5.08. The van der Waals surface area contributed by atoms with E-state index in [0.717, 1.165) is 17.3 Å². The van der Waals surface area contributed by atoms with Gasteiger partial charge in [0.1, 0.15) is 5.82 Å². The van der Waals surface area contributed by atoms with E-state index in [1.165, 1.54) is 0 Å². The zero-order chi connectivity index (χ0) is 19.6. The molecule has 0 aliphatic heterocycles. The number of aromatic nitrogens is 4. The number of nitrogens with one attached hydrogen (secondary N) is 1. The van der Waals surface area contributed by atoms with E-state index in [2.05, 4.69) is 15.0 Å². The smallest absolute Gasteiger partial charge is 0.309 e. The summed E-state index contributed by atoms with van der Waals surface area (Å²) in [5.41, 5.74) is 0.977. The number of aryl methyl sites for hydroxylation is 1. The van der Waals surface area contributed by atoms with Gasteiger partial charge in [0.2, 0.25) is 0 Å².